The number of ether oxygens (including phenoxy) is 1. The van der Waals surface area contributed by atoms with E-state index in [4.69, 9.17) is 4.74 Å². The van der Waals surface area contributed by atoms with E-state index in [1.807, 2.05) is 13.8 Å². The zero-order valence-corrected chi connectivity index (χ0v) is 8.42. The molecule has 0 radical (unpaired) electrons. The normalized spacial score (nSPS) is 33.5. The highest BCUT2D eigenvalue weighted by Crippen LogP contribution is 2.39. The summed E-state index contributed by atoms with van der Waals surface area (Å²) in [7, 11) is 0. The molecule has 0 aromatic carbocycles. The Balaban J connectivity index is 2.68. The van der Waals surface area contributed by atoms with E-state index in [9.17, 15) is 9.59 Å². The Labute approximate surface area is 78.5 Å². The van der Waals surface area contributed by atoms with Crippen molar-refractivity contribution >= 4 is 11.8 Å². The molecular weight excluding hydrogens is 168 g/mol. The predicted octanol–water partition coefficient (Wildman–Crippen LogP) is 1.55. The summed E-state index contributed by atoms with van der Waals surface area (Å²) in [5.41, 5.74) is -0.563. The van der Waals surface area contributed by atoms with E-state index >= 15 is 0 Å². The fraction of sp³-hybridized carbons (Fsp3) is 0.800. The van der Waals surface area contributed by atoms with Crippen molar-refractivity contribution in [1.82, 2.24) is 0 Å². The SMILES string of the molecule is CCOC(=O)[C@]1(C)CC(=O)[C@H](C)C1. The molecule has 0 spiro atoms. The zero-order valence-electron chi connectivity index (χ0n) is 8.42. The average Bonchev–Trinajstić information content (AvgIpc) is 2.28. The largest absolute Gasteiger partial charge is 0.466 e. The first-order valence-electron chi connectivity index (χ1n) is 4.69. The van der Waals surface area contributed by atoms with Gasteiger partial charge in [-0.3, -0.25) is 9.59 Å². The van der Waals surface area contributed by atoms with E-state index in [0.717, 1.165) is 0 Å². The summed E-state index contributed by atoms with van der Waals surface area (Å²) in [5.74, 6) is -0.0438. The van der Waals surface area contributed by atoms with Crippen LogP contribution >= 0.6 is 0 Å². The monoisotopic (exact) mass is 184 g/mol. The molecule has 0 bridgehead atoms. The summed E-state index contributed by atoms with van der Waals surface area (Å²) >= 11 is 0. The van der Waals surface area contributed by atoms with Crippen molar-refractivity contribution in [3.63, 3.8) is 0 Å². The van der Waals surface area contributed by atoms with Crippen LogP contribution < -0.4 is 0 Å². The first kappa shape index (κ1) is 10.2. The Kier molecular flexibility index (Phi) is 2.74. The summed E-state index contributed by atoms with van der Waals surface area (Å²) in [5, 5.41) is 0. The summed E-state index contributed by atoms with van der Waals surface area (Å²) in [4.78, 5) is 22.8. The van der Waals surface area contributed by atoms with E-state index < -0.39 is 5.41 Å². The van der Waals surface area contributed by atoms with Crippen LogP contribution in [0.3, 0.4) is 0 Å². The fourth-order valence-corrected chi connectivity index (χ4v) is 1.88. The van der Waals surface area contributed by atoms with Crippen molar-refractivity contribution in [3.8, 4) is 0 Å². The first-order valence-corrected chi connectivity index (χ1v) is 4.69. The van der Waals surface area contributed by atoms with Crippen molar-refractivity contribution in [3.05, 3.63) is 0 Å². The van der Waals surface area contributed by atoms with Gasteiger partial charge in [0, 0.05) is 12.3 Å². The standard InChI is InChI=1S/C10H16O3/c1-4-13-9(12)10(3)5-7(2)8(11)6-10/h7H,4-6H2,1-3H3/t7-,10+/m1/s1. The molecule has 1 fully saturated rings. The highest BCUT2D eigenvalue weighted by atomic mass is 16.5. The molecule has 0 unspecified atom stereocenters. The molecule has 0 heterocycles. The second-order valence-corrected chi connectivity index (χ2v) is 4.03. The molecule has 0 aromatic rings. The maximum absolute atomic E-state index is 11.5. The number of hydrogen-bond donors (Lipinski definition) is 0. The average molecular weight is 184 g/mol. The minimum absolute atomic E-state index is 0.00871. The summed E-state index contributed by atoms with van der Waals surface area (Å²) in [6.07, 6.45) is 0.970. The van der Waals surface area contributed by atoms with Crippen LogP contribution in [0.25, 0.3) is 0 Å². The minimum atomic E-state index is -0.563. The van der Waals surface area contributed by atoms with Crippen molar-refractivity contribution in [2.75, 3.05) is 6.61 Å². The van der Waals surface area contributed by atoms with Gasteiger partial charge in [0.05, 0.1) is 12.0 Å². The molecule has 1 saturated carbocycles. The van der Waals surface area contributed by atoms with Crippen LogP contribution in [-0.4, -0.2) is 18.4 Å². The predicted molar refractivity (Wildman–Crippen MR) is 48.1 cm³/mol. The zero-order chi connectivity index (χ0) is 10.1. The molecule has 0 N–H and O–H groups in total. The van der Waals surface area contributed by atoms with E-state index in [1.165, 1.54) is 0 Å². The smallest absolute Gasteiger partial charge is 0.312 e. The third-order valence-electron chi connectivity index (χ3n) is 2.64. The van der Waals surface area contributed by atoms with Crippen LogP contribution in [0, 0.1) is 11.3 Å². The number of Topliss-reactive ketones (excluding diaryl/α,β-unsaturated/α-hetero) is 1. The number of carbonyl (C=O) groups excluding carboxylic acids is 2. The van der Waals surface area contributed by atoms with Crippen molar-refractivity contribution in [2.45, 2.75) is 33.6 Å². The van der Waals surface area contributed by atoms with Crippen LogP contribution in [0.5, 0.6) is 0 Å². The molecule has 0 aromatic heterocycles. The lowest BCUT2D eigenvalue weighted by Crippen LogP contribution is -2.27. The topological polar surface area (TPSA) is 43.4 Å². The Morgan fingerprint density at radius 2 is 2.31 bits per heavy atom. The molecule has 3 nitrogen and oxygen atoms in total. The molecule has 74 valence electrons. The van der Waals surface area contributed by atoms with E-state index in [0.29, 0.717) is 19.4 Å². The molecule has 0 amide bonds. The van der Waals surface area contributed by atoms with E-state index in [1.54, 1.807) is 6.92 Å². The lowest BCUT2D eigenvalue weighted by Gasteiger charge is -2.19. The van der Waals surface area contributed by atoms with Gasteiger partial charge in [-0.1, -0.05) is 6.92 Å². The number of hydrogen-bond acceptors (Lipinski definition) is 3. The number of ketones is 1. The fourth-order valence-electron chi connectivity index (χ4n) is 1.88. The number of carbonyl (C=O) groups is 2. The lowest BCUT2D eigenvalue weighted by molar-refractivity contribution is -0.154. The Morgan fingerprint density at radius 3 is 2.69 bits per heavy atom. The molecule has 1 aliphatic rings. The van der Waals surface area contributed by atoms with Gasteiger partial charge in [0.15, 0.2) is 0 Å². The molecule has 1 rings (SSSR count). The van der Waals surface area contributed by atoms with Crippen molar-refractivity contribution in [2.24, 2.45) is 11.3 Å². The van der Waals surface area contributed by atoms with Gasteiger partial charge < -0.3 is 4.74 Å². The molecule has 2 atom stereocenters. The summed E-state index contributed by atoms with van der Waals surface area (Å²) in [6.45, 7) is 5.84. The minimum Gasteiger partial charge on any atom is -0.466 e. The van der Waals surface area contributed by atoms with Gasteiger partial charge in [0.25, 0.3) is 0 Å². The third kappa shape index (κ3) is 1.90. The second-order valence-electron chi connectivity index (χ2n) is 4.03. The van der Waals surface area contributed by atoms with Crippen LogP contribution in [0.2, 0.25) is 0 Å². The quantitative estimate of drug-likeness (QED) is 0.611. The van der Waals surface area contributed by atoms with Crippen molar-refractivity contribution < 1.29 is 14.3 Å². The van der Waals surface area contributed by atoms with Crippen LogP contribution in [0.15, 0.2) is 0 Å². The second kappa shape index (κ2) is 3.48. The summed E-state index contributed by atoms with van der Waals surface area (Å²) < 4.78 is 4.93. The molecule has 13 heavy (non-hydrogen) atoms. The Hall–Kier alpha value is -0.860. The first-order chi connectivity index (χ1) is 5.99. The van der Waals surface area contributed by atoms with Crippen molar-refractivity contribution in [1.29, 1.82) is 0 Å². The van der Waals surface area contributed by atoms with Gasteiger partial charge in [-0.2, -0.15) is 0 Å². The van der Waals surface area contributed by atoms with Crippen LogP contribution in [-0.2, 0) is 14.3 Å². The molecule has 0 aliphatic heterocycles. The van der Waals surface area contributed by atoms with Gasteiger partial charge in [0.2, 0.25) is 0 Å². The Bertz CT molecular complexity index is 234. The highest BCUT2D eigenvalue weighted by molar-refractivity contribution is 5.91. The number of esters is 1. The van der Waals surface area contributed by atoms with Gasteiger partial charge in [-0.25, -0.2) is 0 Å². The molecule has 0 saturated heterocycles. The molecular formula is C10H16O3. The van der Waals surface area contributed by atoms with Gasteiger partial charge in [0.1, 0.15) is 5.78 Å². The Morgan fingerprint density at radius 1 is 1.69 bits per heavy atom. The highest BCUT2D eigenvalue weighted by Gasteiger charge is 2.45. The lowest BCUT2D eigenvalue weighted by atomic mass is 9.88. The van der Waals surface area contributed by atoms with Crippen LogP contribution in [0.1, 0.15) is 33.6 Å². The van der Waals surface area contributed by atoms with Gasteiger partial charge in [-0.05, 0) is 20.3 Å². The number of rotatable bonds is 2. The van der Waals surface area contributed by atoms with Crippen LogP contribution in [0.4, 0.5) is 0 Å². The summed E-state index contributed by atoms with van der Waals surface area (Å²) in [6, 6.07) is 0. The van der Waals surface area contributed by atoms with E-state index in [2.05, 4.69) is 0 Å². The molecule has 3 heteroatoms. The van der Waals surface area contributed by atoms with Gasteiger partial charge >= 0.3 is 5.97 Å². The third-order valence-corrected chi connectivity index (χ3v) is 2.64. The maximum atomic E-state index is 11.5. The van der Waals surface area contributed by atoms with Gasteiger partial charge in [-0.15, -0.1) is 0 Å². The maximum Gasteiger partial charge on any atom is 0.312 e. The van der Waals surface area contributed by atoms with E-state index in [-0.39, 0.29) is 17.7 Å². The molecule has 1 aliphatic carbocycles.